The summed E-state index contributed by atoms with van der Waals surface area (Å²) in [5.41, 5.74) is 2.52. The van der Waals surface area contributed by atoms with E-state index < -0.39 is 7.05 Å². The predicted octanol–water partition coefficient (Wildman–Crippen LogP) is 5.67. The normalized spacial score (nSPS) is 11.2. The highest BCUT2D eigenvalue weighted by molar-refractivity contribution is 7.87. The molecule has 138 valence electrons. The molecular formula is C26H24NP. The third-order valence-corrected chi connectivity index (χ3v) is 8.68. The summed E-state index contributed by atoms with van der Waals surface area (Å²) in [7, 11) is -2.11. The fraction of sp³-hybridized carbons (Fsp3) is 0.0769. The zero-order valence-corrected chi connectivity index (χ0v) is 17.0. The number of hydrogen-bond donors (Lipinski definition) is 0. The quantitative estimate of drug-likeness (QED) is 0.395. The van der Waals surface area contributed by atoms with Gasteiger partial charge in [0.2, 0.25) is 0 Å². The summed E-state index contributed by atoms with van der Waals surface area (Å²) in [6.07, 6.45) is 0. The van der Waals surface area contributed by atoms with Crippen LogP contribution in [0.4, 0.5) is 0 Å². The van der Waals surface area contributed by atoms with E-state index in [4.69, 9.17) is 4.74 Å². The molecule has 4 rings (SSSR count). The SMILES string of the molecule is Cc1ccc(CN=P(c2ccccc2)(c2ccccc2)c2ccccc2)cc1. The van der Waals surface area contributed by atoms with Crippen molar-refractivity contribution in [3.05, 3.63) is 126 Å². The molecule has 0 aliphatic heterocycles. The van der Waals surface area contributed by atoms with Crippen LogP contribution in [0.25, 0.3) is 0 Å². The van der Waals surface area contributed by atoms with Gasteiger partial charge in [-0.2, -0.15) is 0 Å². The second-order valence-electron chi connectivity index (χ2n) is 6.93. The highest BCUT2D eigenvalue weighted by atomic mass is 31.2. The summed E-state index contributed by atoms with van der Waals surface area (Å²) in [5, 5.41) is 3.87. The molecule has 0 heterocycles. The lowest BCUT2D eigenvalue weighted by Crippen LogP contribution is -2.25. The van der Waals surface area contributed by atoms with Crippen molar-refractivity contribution in [1.29, 1.82) is 0 Å². The van der Waals surface area contributed by atoms with Crippen molar-refractivity contribution >= 4 is 23.0 Å². The van der Waals surface area contributed by atoms with Gasteiger partial charge in [-0.1, -0.05) is 121 Å². The van der Waals surface area contributed by atoms with E-state index in [0.717, 1.165) is 0 Å². The number of aryl methyl sites for hydroxylation is 1. The largest absolute Gasteiger partial charge is 0.285 e. The monoisotopic (exact) mass is 381 g/mol. The van der Waals surface area contributed by atoms with E-state index in [9.17, 15) is 0 Å². The summed E-state index contributed by atoms with van der Waals surface area (Å²) in [5.74, 6) is 0. The fourth-order valence-electron chi connectivity index (χ4n) is 3.50. The van der Waals surface area contributed by atoms with Crippen LogP contribution in [-0.4, -0.2) is 0 Å². The summed E-state index contributed by atoms with van der Waals surface area (Å²) in [6.45, 7) is 2.82. The van der Waals surface area contributed by atoms with E-state index in [1.54, 1.807) is 0 Å². The first-order chi connectivity index (χ1) is 13.8. The zero-order chi connectivity index (χ0) is 19.2. The molecule has 4 aromatic carbocycles. The molecule has 0 radical (unpaired) electrons. The van der Waals surface area contributed by atoms with Crippen LogP contribution < -0.4 is 15.9 Å². The molecule has 0 unspecified atom stereocenters. The van der Waals surface area contributed by atoms with Crippen LogP contribution in [0.5, 0.6) is 0 Å². The zero-order valence-electron chi connectivity index (χ0n) is 16.1. The van der Waals surface area contributed by atoms with Gasteiger partial charge in [-0.05, 0) is 12.5 Å². The van der Waals surface area contributed by atoms with E-state index in [2.05, 4.69) is 122 Å². The molecule has 0 N–H and O–H groups in total. The third kappa shape index (κ3) is 3.72. The standard InChI is InChI=1S/C26H24NP/c1-22-17-19-23(20-18-22)21-27-28(24-11-5-2-6-12-24,25-13-7-3-8-14-25)26-15-9-4-10-16-26/h2-20H,21H2,1H3. The lowest BCUT2D eigenvalue weighted by atomic mass is 10.2. The van der Waals surface area contributed by atoms with Crippen LogP contribution in [0.2, 0.25) is 0 Å². The molecule has 4 aromatic rings. The number of rotatable bonds is 5. The van der Waals surface area contributed by atoms with Crippen molar-refractivity contribution in [1.82, 2.24) is 0 Å². The minimum absolute atomic E-state index is 0.701. The molecule has 0 saturated heterocycles. The second-order valence-corrected chi connectivity index (χ2v) is 10.0. The molecule has 0 saturated carbocycles. The highest BCUT2D eigenvalue weighted by Crippen LogP contribution is 2.46. The van der Waals surface area contributed by atoms with Crippen LogP contribution >= 0.6 is 7.05 Å². The third-order valence-electron chi connectivity index (χ3n) is 4.98. The molecule has 0 spiro atoms. The lowest BCUT2D eigenvalue weighted by Gasteiger charge is -2.27. The molecule has 2 heteroatoms. The van der Waals surface area contributed by atoms with Gasteiger partial charge in [0.05, 0.1) is 13.6 Å². The van der Waals surface area contributed by atoms with Crippen molar-refractivity contribution in [3.63, 3.8) is 0 Å². The van der Waals surface area contributed by atoms with E-state index in [-0.39, 0.29) is 0 Å². The van der Waals surface area contributed by atoms with Gasteiger partial charge in [0, 0.05) is 15.9 Å². The van der Waals surface area contributed by atoms with E-state index >= 15 is 0 Å². The van der Waals surface area contributed by atoms with Gasteiger partial charge in [-0.15, -0.1) is 0 Å². The minimum atomic E-state index is -2.11. The van der Waals surface area contributed by atoms with Gasteiger partial charge < -0.3 is 0 Å². The van der Waals surface area contributed by atoms with Gasteiger partial charge >= 0.3 is 0 Å². The van der Waals surface area contributed by atoms with Crippen molar-refractivity contribution in [2.24, 2.45) is 4.74 Å². The Morgan fingerprint density at radius 3 is 1.32 bits per heavy atom. The summed E-state index contributed by atoms with van der Waals surface area (Å²) in [4.78, 5) is 0. The van der Waals surface area contributed by atoms with Crippen LogP contribution in [-0.2, 0) is 6.54 Å². The summed E-state index contributed by atoms with van der Waals surface area (Å²) < 4.78 is 5.48. The van der Waals surface area contributed by atoms with Gasteiger partial charge in [-0.3, -0.25) is 4.74 Å². The summed E-state index contributed by atoms with van der Waals surface area (Å²) in [6, 6.07) is 41.0. The van der Waals surface area contributed by atoms with Gasteiger partial charge in [0.25, 0.3) is 0 Å². The molecule has 0 aliphatic rings. The Kier molecular flexibility index (Phi) is 5.55. The van der Waals surface area contributed by atoms with Crippen molar-refractivity contribution in [2.45, 2.75) is 13.5 Å². The molecule has 0 aromatic heterocycles. The van der Waals surface area contributed by atoms with Crippen LogP contribution in [0.3, 0.4) is 0 Å². The summed E-state index contributed by atoms with van der Waals surface area (Å²) >= 11 is 0. The smallest absolute Gasteiger partial charge is 0.0636 e. The lowest BCUT2D eigenvalue weighted by molar-refractivity contribution is 1.09. The maximum atomic E-state index is 5.48. The van der Waals surface area contributed by atoms with Gasteiger partial charge in [0.1, 0.15) is 0 Å². The molecule has 0 aliphatic carbocycles. The van der Waals surface area contributed by atoms with Crippen molar-refractivity contribution < 1.29 is 0 Å². The van der Waals surface area contributed by atoms with E-state index in [0.29, 0.717) is 6.54 Å². The van der Waals surface area contributed by atoms with Gasteiger partial charge in [-0.25, -0.2) is 0 Å². The molecule has 0 amide bonds. The number of benzene rings is 4. The topological polar surface area (TPSA) is 12.4 Å². The Labute approximate surface area is 167 Å². The maximum Gasteiger partial charge on any atom is 0.0636 e. The Balaban J connectivity index is 1.98. The highest BCUT2D eigenvalue weighted by Gasteiger charge is 2.26. The van der Waals surface area contributed by atoms with Crippen LogP contribution in [0.1, 0.15) is 11.1 Å². The predicted molar refractivity (Wildman–Crippen MR) is 122 cm³/mol. The first kappa shape index (κ1) is 18.5. The Bertz CT molecular complexity index is 966. The average molecular weight is 381 g/mol. The van der Waals surface area contributed by atoms with E-state index in [1.165, 1.54) is 27.0 Å². The molecular weight excluding hydrogens is 357 g/mol. The van der Waals surface area contributed by atoms with Crippen LogP contribution in [0, 0.1) is 6.92 Å². The molecule has 0 atom stereocenters. The number of hydrogen-bond acceptors (Lipinski definition) is 1. The van der Waals surface area contributed by atoms with E-state index in [1.807, 2.05) is 0 Å². The van der Waals surface area contributed by atoms with Crippen LogP contribution in [0.15, 0.2) is 120 Å². The Morgan fingerprint density at radius 1 is 0.536 bits per heavy atom. The Morgan fingerprint density at radius 2 is 0.929 bits per heavy atom. The molecule has 0 fully saturated rings. The second kappa shape index (κ2) is 8.42. The van der Waals surface area contributed by atoms with Crippen molar-refractivity contribution in [2.75, 3.05) is 0 Å². The number of nitrogens with zero attached hydrogens (tertiary/aromatic N) is 1. The fourth-order valence-corrected chi connectivity index (χ4v) is 7.08. The first-order valence-electron chi connectivity index (χ1n) is 9.59. The van der Waals surface area contributed by atoms with Crippen molar-refractivity contribution in [3.8, 4) is 0 Å². The maximum absolute atomic E-state index is 5.48. The minimum Gasteiger partial charge on any atom is -0.285 e. The molecule has 28 heavy (non-hydrogen) atoms. The van der Waals surface area contributed by atoms with Gasteiger partial charge in [0.15, 0.2) is 0 Å². The molecule has 0 bridgehead atoms. The Hall–Kier alpha value is -2.89. The molecule has 1 nitrogen and oxygen atoms in total. The average Bonchev–Trinajstić information content (AvgIpc) is 2.78. The first-order valence-corrected chi connectivity index (χ1v) is 11.3.